The molecule has 0 aliphatic rings. The van der Waals surface area contributed by atoms with E-state index in [1.165, 1.54) is 18.2 Å². The molecule has 2 atom stereocenters. The highest BCUT2D eigenvalue weighted by molar-refractivity contribution is 5.48. The van der Waals surface area contributed by atoms with Gasteiger partial charge in [-0.25, -0.2) is 4.39 Å². The van der Waals surface area contributed by atoms with Gasteiger partial charge in [-0.2, -0.15) is 0 Å². The molecule has 0 saturated heterocycles. The summed E-state index contributed by atoms with van der Waals surface area (Å²) in [6.07, 6.45) is -0.701. The summed E-state index contributed by atoms with van der Waals surface area (Å²) in [6.45, 7) is 1.56. The number of aliphatic hydroxyl groups is 1. The molecule has 1 rings (SSSR count). The van der Waals surface area contributed by atoms with E-state index in [2.05, 4.69) is 0 Å². The van der Waals surface area contributed by atoms with Crippen molar-refractivity contribution in [2.45, 2.75) is 19.1 Å². The molecule has 0 heterocycles. The molecular formula is C9H13FN2O. The van der Waals surface area contributed by atoms with Gasteiger partial charge in [0, 0.05) is 5.69 Å². The lowest BCUT2D eigenvalue weighted by atomic mass is 10.0. The van der Waals surface area contributed by atoms with Gasteiger partial charge in [0.05, 0.1) is 12.1 Å². The summed E-state index contributed by atoms with van der Waals surface area (Å²) < 4.78 is 12.6. The fourth-order valence-electron chi connectivity index (χ4n) is 1.11. The zero-order chi connectivity index (χ0) is 10.0. The minimum atomic E-state index is -0.701. The lowest BCUT2D eigenvalue weighted by molar-refractivity contribution is 0.164. The topological polar surface area (TPSA) is 72.3 Å². The van der Waals surface area contributed by atoms with E-state index in [1.54, 1.807) is 6.92 Å². The number of nitrogen functional groups attached to an aromatic ring is 1. The molecule has 0 amide bonds. The van der Waals surface area contributed by atoms with Gasteiger partial charge in [0.1, 0.15) is 5.82 Å². The second-order valence-electron chi connectivity index (χ2n) is 3.04. The van der Waals surface area contributed by atoms with Gasteiger partial charge >= 0.3 is 0 Å². The Bertz CT molecular complexity index is 302. The van der Waals surface area contributed by atoms with Crippen LogP contribution < -0.4 is 11.5 Å². The molecule has 4 heteroatoms. The molecule has 13 heavy (non-hydrogen) atoms. The Morgan fingerprint density at radius 3 is 2.54 bits per heavy atom. The Morgan fingerprint density at radius 2 is 2.08 bits per heavy atom. The summed E-state index contributed by atoms with van der Waals surface area (Å²) in [7, 11) is 0. The molecule has 0 spiro atoms. The number of halogens is 1. The Hall–Kier alpha value is -1.13. The third-order valence-electron chi connectivity index (χ3n) is 1.93. The van der Waals surface area contributed by atoms with Crippen LogP contribution in [0.25, 0.3) is 0 Å². The van der Waals surface area contributed by atoms with E-state index >= 15 is 0 Å². The van der Waals surface area contributed by atoms with E-state index in [0.717, 1.165) is 0 Å². The fourth-order valence-corrected chi connectivity index (χ4v) is 1.11. The van der Waals surface area contributed by atoms with Crippen molar-refractivity contribution in [1.82, 2.24) is 0 Å². The third-order valence-corrected chi connectivity index (χ3v) is 1.93. The normalized spacial score (nSPS) is 15.4. The van der Waals surface area contributed by atoms with Gasteiger partial charge < -0.3 is 16.6 Å². The molecule has 0 aliphatic carbocycles. The predicted octanol–water partition coefficient (Wildman–Crippen LogP) is 0.789. The van der Waals surface area contributed by atoms with Crippen LogP contribution in [0.2, 0.25) is 0 Å². The monoisotopic (exact) mass is 184 g/mol. The van der Waals surface area contributed by atoms with Crippen LogP contribution in [0.3, 0.4) is 0 Å². The summed E-state index contributed by atoms with van der Waals surface area (Å²) >= 11 is 0. The Labute approximate surface area is 76.2 Å². The minimum Gasteiger partial charge on any atom is -0.398 e. The van der Waals surface area contributed by atoms with Gasteiger partial charge in [-0.15, -0.1) is 0 Å². The molecule has 5 N–H and O–H groups in total. The fraction of sp³-hybridized carbons (Fsp3) is 0.333. The van der Waals surface area contributed by atoms with Gasteiger partial charge in [-0.3, -0.25) is 0 Å². The molecule has 0 fully saturated rings. The average molecular weight is 184 g/mol. The van der Waals surface area contributed by atoms with Crippen LogP contribution >= 0.6 is 0 Å². The van der Waals surface area contributed by atoms with Crippen LogP contribution in [0, 0.1) is 5.82 Å². The summed E-state index contributed by atoms with van der Waals surface area (Å²) in [5.74, 6) is -0.404. The van der Waals surface area contributed by atoms with Crippen molar-refractivity contribution >= 4 is 5.69 Å². The molecule has 0 radical (unpaired) electrons. The molecule has 72 valence electrons. The van der Waals surface area contributed by atoms with Crippen LogP contribution in [-0.2, 0) is 0 Å². The highest BCUT2D eigenvalue weighted by Gasteiger charge is 2.14. The van der Waals surface area contributed by atoms with E-state index in [-0.39, 0.29) is 5.69 Å². The Morgan fingerprint density at radius 1 is 1.46 bits per heavy atom. The number of anilines is 1. The molecule has 3 nitrogen and oxygen atoms in total. The summed E-state index contributed by atoms with van der Waals surface area (Å²) in [5, 5.41) is 9.19. The number of nitrogens with two attached hydrogens (primary N) is 2. The molecule has 0 aliphatic heterocycles. The molecule has 1 unspecified atom stereocenters. The van der Waals surface area contributed by atoms with Crippen LogP contribution in [0.4, 0.5) is 10.1 Å². The van der Waals surface area contributed by atoms with Gasteiger partial charge in [0.2, 0.25) is 0 Å². The van der Waals surface area contributed by atoms with Gasteiger partial charge in [0.25, 0.3) is 0 Å². The lowest BCUT2D eigenvalue weighted by Crippen LogP contribution is -2.24. The highest BCUT2D eigenvalue weighted by Crippen LogP contribution is 2.21. The maximum absolute atomic E-state index is 12.6. The number of hydrogen-bond donors (Lipinski definition) is 3. The first-order valence-electron chi connectivity index (χ1n) is 4.01. The van der Waals surface area contributed by atoms with Crippen LogP contribution in [0.1, 0.15) is 18.5 Å². The number of hydrogen-bond acceptors (Lipinski definition) is 3. The molecule has 0 aromatic heterocycles. The first-order chi connectivity index (χ1) is 6.02. The summed E-state index contributed by atoms with van der Waals surface area (Å²) in [5.41, 5.74) is 12.0. The number of benzene rings is 1. The van der Waals surface area contributed by atoms with Crippen LogP contribution in [-0.4, -0.2) is 11.2 Å². The van der Waals surface area contributed by atoms with Crippen molar-refractivity contribution in [3.8, 4) is 0 Å². The van der Waals surface area contributed by atoms with Crippen molar-refractivity contribution in [3.05, 3.63) is 29.6 Å². The second kappa shape index (κ2) is 3.72. The molecule has 1 aromatic rings. The van der Waals surface area contributed by atoms with Crippen LogP contribution in [0.5, 0.6) is 0 Å². The van der Waals surface area contributed by atoms with Gasteiger partial charge in [-0.1, -0.05) is 6.07 Å². The smallest absolute Gasteiger partial charge is 0.125 e. The molecule has 0 bridgehead atoms. The highest BCUT2D eigenvalue weighted by atomic mass is 19.1. The summed E-state index contributed by atoms with van der Waals surface area (Å²) in [6, 6.07) is 3.38. The van der Waals surface area contributed by atoms with E-state index in [0.29, 0.717) is 5.56 Å². The maximum atomic E-state index is 12.6. The van der Waals surface area contributed by atoms with Gasteiger partial charge in [0.15, 0.2) is 0 Å². The predicted molar refractivity (Wildman–Crippen MR) is 49.4 cm³/mol. The maximum Gasteiger partial charge on any atom is 0.125 e. The standard InChI is InChI=1S/C9H13FN2O/c1-5(13)9(12)7-3-2-6(10)4-8(7)11/h2-5,9,13H,11-12H2,1H3/t5?,9-/m1/s1. The molecular weight excluding hydrogens is 171 g/mol. The minimum absolute atomic E-state index is 0.272. The quantitative estimate of drug-likeness (QED) is 0.595. The Balaban J connectivity index is 3.01. The van der Waals surface area contributed by atoms with E-state index in [4.69, 9.17) is 11.5 Å². The van der Waals surface area contributed by atoms with Gasteiger partial charge in [-0.05, 0) is 24.6 Å². The van der Waals surface area contributed by atoms with Crippen molar-refractivity contribution in [1.29, 1.82) is 0 Å². The van der Waals surface area contributed by atoms with Crippen LogP contribution in [0.15, 0.2) is 18.2 Å². The first-order valence-corrected chi connectivity index (χ1v) is 4.01. The zero-order valence-electron chi connectivity index (χ0n) is 7.37. The summed E-state index contributed by atoms with van der Waals surface area (Å²) in [4.78, 5) is 0. The Kier molecular flexibility index (Phi) is 2.85. The number of rotatable bonds is 2. The SMILES string of the molecule is CC(O)[C@@H](N)c1ccc(F)cc1N. The van der Waals surface area contributed by atoms with Crippen molar-refractivity contribution in [3.63, 3.8) is 0 Å². The molecule has 1 aromatic carbocycles. The van der Waals surface area contributed by atoms with Crippen molar-refractivity contribution in [2.75, 3.05) is 5.73 Å². The van der Waals surface area contributed by atoms with Crippen molar-refractivity contribution < 1.29 is 9.50 Å². The zero-order valence-corrected chi connectivity index (χ0v) is 7.37. The van der Waals surface area contributed by atoms with E-state index in [1.807, 2.05) is 0 Å². The first kappa shape index (κ1) is 9.95. The van der Waals surface area contributed by atoms with Crippen molar-refractivity contribution in [2.24, 2.45) is 5.73 Å². The average Bonchev–Trinajstić information content (AvgIpc) is 2.03. The van der Waals surface area contributed by atoms with E-state index in [9.17, 15) is 9.50 Å². The molecule has 0 saturated carbocycles. The number of aliphatic hydroxyl groups excluding tert-OH is 1. The van der Waals surface area contributed by atoms with E-state index < -0.39 is 18.0 Å². The largest absolute Gasteiger partial charge is 0.398 e. The third kappa shape index (κ3) is 2.17. The lowest BCUT2D eigenvalue weighted by Gasteiger charge is -2.16. The second-order valence-corrected chi connectivity index (χ2v) is 3.04.